The number of fused-ring (bicyclic) bond motifs is 1. The van der Waals surface area contributed by atoms with Crippen LogP contribution >= 0.6 is 35.7 Å². The van der Waals surface area contributed by atoms with E-state index in [1.807, 2.05) is 13.2 Å². The molecule has 0 aromatic heterocycles. The lowest BCUT2D eigenvalue weighted by molar-refractivity contribution is 0.0657. The molecule has 2 N–H and O–H groups in total. The smallest absolute Gasteiger partial charge is 0.261 e. The average Bonchev–Trinajstić information content (AvgIpc) is 2.98. The summed E-state index contributed by atoms with van der Waals surface area (Å²) in [4.78, 5) is 30.7. The predicted octanol–water partition coefficient (Wildman–Crippen LogP) is 3.66. The molecule has 1 aliphatic rings. The van der Waals surface area contributed by atoms with Crippen molar-refractivity contribution < 1.29 is 14.0 Å². The summed E-state index contributed by atoms with van der Waals surface area (Å²) >= 11 is 1.63. The highest BCUT2D eigenvalue weighted by molar-refractivity contribution is 14.0. The number of amides is 2. The lowest BCUT2D eigenvalue weighted by Crippen LogP contribution is -2.43. The Labute approximate surface area is 203 Å². The van der Waals surface area contributed by atoms with Gasteiger partial charge in [0.1, 0.15) is 5.82 Å². The molecule has 6 nitrogen and oxygen atoms in total. The zero-order valence-electron chi connectivity index (χ0n) is 17.5. The molecule has 1 aliphatic heterocycles. The third-order valence-corrected chi connectivity index (χ3v) is 5.33. The van der Waals surface area contributed by atoms with Gasteiger partial charge in [-0.1, -0.05) is 18.2 Å². The molecule has 0 fully saturated rings. The molecule has 9 heteroatoms. The van der Waals surface area contributed by atoms with Crippen LogP contribution in [0.25, 0.3) is 0 Å². The standard InChI is InChI=1S/C22H25FN4O2S.HI/c1-3-24-22(26-13-15-8-9-17(23)12-16(15)14-30-2)25-10-11-27-20(28)18-6-4-5-7-19(18)21(27)29;/h4-9,12H,3,10-11,13-14H2,1-2H3,(H2,24,25,26);1H. The highest BCUT2D eigenvalue weighted by Gasteiger charge is 2.34. The number of carbonyl (C=O) groups is 2. The maximum Gasteiger partial charge on any atom is 0.261 e. The van der Waals surface area contributed by atoms with E-state index in [1.54, 1.807) is 48.2 Å². The third-order valence-electron chi connectivity index (χ3n) is 4.73. The van der Waals surface area contributed by atoms with Crippen LogP contribution in [0.2, 0.25) is 0 Å². The second-order valence-corrected chi connectivity index (χ2v) is 7.64. The molecule has 2 aromatic carbocycles. The number of carbonyl (C=O) groups excluding carboxylic acids is 2. The van der Waals surface area contributed by atoms with E-state index in [1.165, 1.54) is 11.0 Å². The van der Waals surface area contributed by atoms with E-state index in [4.69, 9.17) is 0 Å². The van der Waals surface area contributed by atoms with E-state index in [2.05, 4.69) is 15.6 Å². The Morgan fingerprint density at radius 1 is 1.06 bits per heavy atom. The summed E-state index contributed by atoms with van der Waals surface area (Å²) in [5.41, 5.74) is 2.78. The number of thioether (sulfide) groups is 1. The summed E-state index contributed by atoms with van der Waals surface area (Å²) in [6.45, 7) is 3.64. The number of guanidine groups is 1. The first-order chi connectivity index (χ1) is 14.5. The molecule has 0 aliphatic carbocycles. The Balaban J connectivity index is 0.00000341. The maximum atomic E-state index is 13.5. The second kappa shape index (κ2) is 12.0. The first-order valence-electron chi connectivity index (χ1n) is 9.78. The van der Waals surface area contributed by atoms with Crippen molar-refractivity contribution >= 4 is 53.5 Å². The van der Waals surface area contributed by atoms with Crippen LogP contribution in [0.15, 0.2) is 47.5 Å². The third kappa shape index (κ3) is 6.19. The number of nitrogens with one attached hydrogen (secondary N) is 2. The van der Waals surface area contributed by atoms with E-state index in [9.17, 15) is 14.0 Å². The quantitative estimate of drug-likeness (QED) is 0.225. The Kier molecular flexibility index (Phi) is 9.76. The first kappa shape index (κ1) is 25.1. The molecule has 3 rings (SSSR count). The lowest BCUT2D eigenvalue weighted by atomic mass is 10.1. The fourth-order valence-electron chi connectivity index (χ4n) is 3.27. The van der Waals surface area contributed by atoms with E-state index >= 15 is 0 Å². The Morgan fingerprint density at radius 3 is 2.35 bits per heavy atom. The summed E-state index contributed by atoms with van der Waals surface area (Å²) in [6.07, 6.45) is 1.98. The molecule has 0 unspecified atom stereocenters. The summed E-state index contributed by atoms with van der Waals surface area (Å²) in [5, 5.41) is 6.31. The van der Waals surface area contributed by atoms with Crippen molar-refractivity contribution in [3.63, 3.8) is 0 Å². The van der Waals surface area contributed by atoms with Crippen LogP contribution in [0.4, 0.5) is 4.39 Å². The van der Waals surface area contributed by atoms with Crippen LogP contribution in [0, 0.1) is 5.82 Å². The van der Waals surface area contributed by atoms with Crippen molar-refractivity contribution in [2.75, 3.05) is 25.9 Å². The molecule has 31 heavy (non-hydrogen) atoms. The fraction of sp³-hybridized carbons (Fsp3) is 0.318. The maximum absolute atomic E-state index is 13.5. The van der Waals surface area contributed by atoms with E-state index in [0.29, 0.717) is 42.5 Å². The van der Waals surface area contributed by atoms with Gasteiger partial charge in [-0.3, -0.25) is 14.5 Å². The van der Waals surface area contributed by atoms with Crippen molar-refractivity contribution in [1.82, 2.24) is 15.5 Å². The highest BCUT2D eigenvalue weighted by atomic mass is 127. The predicted molar refractivity (Wildman–Crippen MR) is 134 cm³/mol. The summed E-state index contributed by atoms with van der Waals surface area (Å²) in [5.74, 6) is 0.498. The first-order valence-corrected chi connectivity index (χ1v) is 11.2. The Hall–Kier alpha value is -2.14. The van der Waals surface area contributed by atoms with Crippen LogP contribution in [0.1, 0.15) is 38.8 Å². The molecule has 0 atom stereocenters. The summed E-state index contributed by atoms with van der Waals surface area (Å²) < 4.78 is 13.5. The molecule has 0 saturated carbocycles. The second-order valence-electron chi connectivity index (χ2n) is 6.78. The number of aliphatic imine (C=N–C) groups is 1. The monoisotopic (exact) mass is 556 g/mol. The molecule has 1 heterocycles. The van der Waals surface area contributed by atoms with Gasteiger partial charge in [-0.2, -0.15) is 11.8 Å². The molecule has 0 saturated heterocycles. The lowest BCUT2D eigenvalue weighted by Gasteiger charge is -2.16. The minimum absolute atomic E-state index is 0. The SMILES string of the molecule is CCNC(=NCc1ccc(F)cc1CSC)NCCN1C(=O)c2ccccc2C1=O.I. The Bertz CT molecular complexity index is 935. The van der Waals surface area contributed by atoms with E-state index in [0.717, 1.165) is 11.1 Å². The van der Waals surface area contributed by atoms with Gasteiger partial charge in [0.15, 0.2) is 5.96 Å². The molecule has 0 spiro atoms. The molecular weight excluding hydrogens is 530 g/mol. The number of rotatable bonds is 8. The minimum atomic E-state index is -0.271. The van der Waals surface area contributed by atoms with E-state index in [-0.39, 0.29) is 48.2 Å². The molecular formula is C22H26FIN4O2S. The molecule has 0 radical (unpaired) electrons. The highest BCUT2D eigenvalue weighted by Crippen LogP contribution is 2.21. The van der Waals surface area contributed by atoms with Crippen LogP contribution in [-0.2, 0) is 12.3 Å². The van der Waals surface area contributed by atoms with E-state index < -0.39 is 0 Å². The summed E-state index contributed by atoms with van der Waals surface area (Å²) in [6, 6.07) is 11.6. The number of halogens is 2. The van der Waals surface area contributed by atoms with Crippen LogP contribution in [-0.4, -0.2) is 48.6 Å². The van der Waals surface area contributed by atoms with Gasteiger partial charge in [0, 0.05) is 25.4 Å². The zero-order chi connectivity index (χ0) is 21.5. The van der Waals surface area contributed by atoms with Gasteiger partial charge in [0.25, 0.3) is 11.8 Å². The number of imide groups is 1. The zero-order valence-corrected chi connectivity index (χ0v) is 20.6. The number of nitrogens with zero attached hydrogens (tertiary/aromatic N) is 2. The van der Waals surface area contributed by atoms with Gasteiger partial charge >= 0.3 is 0 Å². The van der Waals surface area contributed by atoms with Gasteiger partial charge in [-0.25, -0.2) is 9.38 Å². The minimum Gasteiger partial charge on any atom is -0.357 e. The Morgan fingerprint density at radius 2 is 1.74 bits per heavy atom. The number of hydrogen-bond acceptors (Lipinski definition) is 4. The molecule has 0 bridgehead atoms. The van der Waals surface area contributed by atoms with Crippen molar-refractivity contribution in [2.24, 2.45) is 4.99 Å². The van der Waals surface area contributed by atoms with Crippen LogP contribution in [0.5, 0.6) is 0 Å². The average molecular weight is 556 g/mol. The van der Waals surface area contributed by atoms with Gasteiger partial charge in [-0.05, 0) is 48.6 Å². The molecule has 166 valence electrons. The molecule has 2 aromatic rings. The van der Waals surface area contributed by atoms with Crippen molar-refractivity contribution in [2.45, 2.75) is 19.2 Å². The van der Waals surface area contributed by atoms with Gasteiger partial charge < -0.3 is 10.6 Å². The fourth-order valence-corrected chi connectivity index (χ4v) is 3.85. The van der Waals surface area contributed by atoms with Gasteiger partial charge in [0.2, 0.25) is 0 Å². The van der Waals surface area contributed by atoms with Gasteiger partial charge in [-0.15, -0.1) is 24.0 Å². The van der Waals surface area contributed by atoms with Gasteiger partial charge in [0.05, 0.1) is 17.7 Å². The largest absolute Gasteiger partial charge is 0.357 e. The van der Waals surface area contributed by atoms with Crippen LogP contribution in [0.3, 0.4) is 0 Å². The topological polar surface area (TPSA) is 73.8 Å². The van der Waals surface area contributed by atoms with Crippen molar-refractivity contribution in [3.8, 4) is 0 Å². The van der Waals surface area contributed by atoms with Crippen molar-refractivity contribution in [1.29, 1.82) is 0 Å². The number of hydrogen-bond donors (Lipinski definition) is 2. The molecule has 2 amide bonds. The van der Waals surface area contributed by atoms with Crippen molar-refractivity contribution in [3.05, 3.63) is 70.5 Å². The number of benzene rings is 2. The summed E-state index contributed by atoms with van der Waals surface area (Å²) in [7, 11) is 0. The van der Waals surface area contributed by atoms with Crippen LogP contribution < -0.4 is 10.6 Å². The normalized spacial score (nSPS) is 13.1.